The van der Waals surface area contributed by atoms with Crippen LogP contribution in [0.3, 0.4) is 0 Å². The minimum absolute atomic E-state index is 0.242. The molecule has 1 aromatic rings. The molecule has 1 heterocycles. The lowest BCUT2D eigenvalue weighted by Gasteiger charge is -2.21. The van der Waals surface area contributed by atoms with E-state index in [1.54, 1.807) is 0 Å². The Balaban J connectivity index is 2.02. The molecule has 92 valence electrons. The van der Waals surface area contributed by atoms with Gasteiger partial charge in [-0.15, -0.1) is 0 Å². The van der Waals surface area contributed by atoms with Crippen LogP contribution in [0.2, 0.25) is 0 Å². The number of rotatable bonds is 2. The van der Waals surface area contributed by atoms with Crippen molar-refractivity contribution in [2.75, 3.05) is 13.7 Å². The van der Waals surface area contributed by atoms with Crippen LogP contribution >= 0.6 is 0 Å². The number of benzene rings is 1. The monoisotopic (exact) mass is 230 g/mol. The van der Waals surface area contributed by atoms with Crippen LogP contribution in [0.4, 0.5) is 0 Å². The van der Waals surface area contributed by atoms with Crippen LogP contribution < -0.4 is 0 Å². The zero-order chi connectivity index (χ0) is 12.5. The van der Waals surface area contributed by atoms with Crippen molar-refractivity contribution in [2.45, 2.75) is 32.7 Å². The van der Waals surface area contributed by atoms with Gasteiger partial charge in [0.1, 0.15) is 0 Å². The fraction of sp³-hybridized carbons (Fsp3) is 0.467. The molecule has 0 fully saturated rings. The van der Waals surface area contributed by atoms with Gasteiger partial charge < -0.3 is 9.80 Å². The van der Waals surface area contributed by atoms with Crippen molar-refractivity contribution in [1.82, 2.24) is 9.80 Å². The van der Waals surface area contributed by atoms with Crippen molar-refractivity contribution in [1.29, 1.82) is 0 Å². The van der Waals surface area contributed by atoms with E-state index in [-0.39, 0.29) is 5.41 Å². The van der Waals surface area contributed by atoms with Crippen LogP contribution in [-0.4, -0.2) is 23.5 Å². The maximum atomic E-state index is 2.31. The maximum absolute atomic E-state index is 2.31. The van der Waals surface area contributed by atoms with E-state index in [0.29, 0.717) is 0 Å². The molecule has 0 aliphatic carbocycles. The fourth-order valence-corrected chi connectivity index (χ4v) is 2.04. The van der Waals surface area contributed by atoms with Crippen molar-refractivity contribution in [2.24, 2.45) is 0 Å². The second kappa shape index (κ2) is 4.44. The van der Waals surface area contributed by atoms with Crippen molar-refractivity contribution < 1.29 is 0 Å². The second-order valence-corrected chi connectivity index (χ2v) is 5.89. The molecule has 0 amide bonds. The minimum atomic E-state index is 0.242. The Morgan fingerprint density at radius 2 is 1.71 bits per heavy atom. The van der Waals surface area contributed by atoms with Gasteiger partial charge in [-0.25, -0.2) is 0 Å². The summed E-state index contributed by atoms with van der Waals surface area (Å²) in [5.41, 5.74) is 3.01. The Hall–Kier alpha value is -1.44. The van der Waals surface area contributed by atoms with Gasteiger partial charge in [-0.3, -0.25) is 0 Å². The molecule has 1 aromatic carbocycles. The normalized spacial score (nSPS) is 15.8. The van der Waals surface area contributed by atoms with Gasteiger partial charge >= 0.3 is 0 Å². The van der Waals surface area contributed by atoms with Gasteiger partial charge in [0.05, 0.1) is 6.67 Å². The van der Waals surface area contributed by atoms with Gasteiger partial charge in [0.25, 0.3) is 0 Å². The molecule has 0 spiro atoms. The molecule has 0 bridgehead atoms. The Labute approximate surface area is 105 Å². The van der Waals surface area contributed by atoms with E-state index in [0.717, 1.165) is 13.2 Å². The largest absolute Gasteiger partial charge is 0.362 e. The van der Waals surface area contributed by atoms with Gasteiger partial charge in [0, 0.05) is 26.0 Å². The summed E-state index contributed by atoms with van der Waals surface area (Å²) < 4.78 is 0. The van der Waals surface area contributed by atoms with E-state index >= 15 is 0 Å². The predicted molar refractivity (Wildman–Crippen MR) is 72.5 cm³/mol. The molecule has 0 N–H and O–H groups in total. The summed E-state index contributed by atoms with van der Waals surface area (Å²) in [5, 5.41) is 0. The molecular weight excluding hydrogens is 208 g/mol. The zero-order valence-electron chi connectivity index (χ0n) is 11.3. The van der Waals surface area contributed by atoms with Crippen molar-refractivity contribution in [3.8, 4) is 0 Å². The zero-order valence-corrected chi connectivity index (χ0v) is 11.3. The fourth-order valence-electron chi connectivity index (χ4n) is 2.04. The molecule has 0 radical (unpaired) electrons. The van der Waals surface area contributed by atoms with Crippen molar-refractivity contribution >= 4 is 0 Å². The second-order valence-electron chi connectivity index (χ2n) is 5.89. The number of hydrogen-bond donors (Lipinski definition) is 0. The van der Waals surface area contributed by atoms with Crippen LogP contribution in [0.15, 0.2) is 36.7 Å². The first-order valence-corrected chi connectivity index (χ1v) is 6.17. The van der Waals surface area contributed by atoms with Gasteiger partial charge in [0.2, 0.25) is 0 Å². The first-order chi connectivity index (χ1) is 7.95. The highest BCUT2D eigenvalue weighted by atomic mass is 15.3. The van der Waals surface area contributed by atoms with Gasteiger partial charge in [-0.05, 0) is 16.5 Å². The van der Waals surface area contributed by atoms with Gasteiger partial charge in [-0.1, -0.05) is 45.0 Å². The molecular formula is C15H22N2. The third kappa shape index (κ3) is 3.02. The Bertz CT molecular complexity index is 398. The molecule has 0 atom stereocenters. The SMILES string of the molecule is CN1C=CN(Cc2ccc(C(C)(C)C)cc2)C1. The average molecular weight is 230 g/mol. The third-order valence-corrected chi connectivity index (χ3v) is 3.14. The molecule has 2 nitrogen and oxygen atoms in total. The van der Waals surface area contributed by atoms with Crippen LogP contribution in [0, 0.1) is 0 Å². The molecule has 17 heavy (non-hydrogen) atoms. The third-order valence-electron chi connectivity index (χ3n) is 3.14. The summed E-state index contributed by atoms with van der Waals surface area (Å²) in [5.74, 6) is 0. The standard InChI is InChI=1S/C15H22N2/c1-15(2,3)14-7-5-13(6-8-14)11-17-10-9-16(4)12-17/h5-10H,11-12H2,1-4H3. The lowest BCUT2D eigenvalue weighted by Crippen LogP contribution is -2.21. The lowest BCUT2D eigenvalue weighted by atomic mass is 9.87. The van der Waals surface area contributed by atoms with Gasteiger partial charge in [-0.2, -0.15) is 0 Å². The van der Waals surface area contributed by atoms with Crippen LogP contribution in [-0.2, 0) is 12.0 Å². The number of hydrogen-bond acceptors (Lipinski definition) is 2. The van der Waals surface area contributed by atoms with Crippen LogP contribution in [0.1, 0.15) is 31.9 Å². The first kappa shape index (κ1) is 12.0. The minimum Gasteiger partial charge on any atom is -0.362 e. The number of nitrogens with zero attached hydrogens (tertiary/aromatic N) is 2. The Kier molecular flexibility index (Phi) is 3.14. The molecule has 0 saturated heterocycles. The predicted octanol–water partition coefficient (Wildman–Crippen LogP) is 3.16. The molecule has 2 heteroatoms. The summed E-state index contributed by atoms with van der Waals surface area (Å²) in [6, 6.07) is 8.98. The van der Waals surface area contributed by atoms with E-state index in [1.165, 1.54) is 11.1 Å². The average Bonchev–Trinajstić information content (AvgIpc) is 2.63. The highest BCUT2D eigenvalue weighted by Crippen LogP contribution is 2.22. The van der Waals surface area contributed by atoms with E-state index in [2.05, 4.69) is 74.3 Å². The smallest absolute Gasteiger partial charge is 0.0894 e. The highest BCUT2D eigenvalue weighted by Gasteiger charge is 2.13. The van der Waals surface area contributed by atoms with Crippen LogP contribution in [0.25, 0.3) is 0 Å². The highest BCUT2D eigenvalue weighted by molar-refractivity contribution is 5.27. The molecule has 0 saturated carbocycles. The molecule has 0 aromatic heterocycles. The molecule has 1 aliphatic rings. The quantitative estimate of drug-likeness (QED) is 0.770. The Morgan fingerprint density at radius 1 is 1.06 bits per heavy atom. The summed E-state index contributed by atoms with van der Waals surface area (Å²) in [6.45, 7) is 8.73. The van der Waals surface area contributed by atoms with E-state index in [4.69, 9.17) is 0 Å². The maximum Gasteiger partial charge on any atom is 0.0894 e. The topological polar surface area (TPSA) is 6.48 Å². The summed E-state index contributed by atoms with van der Waals surface area (Å²) >= 11 is 0. The van der Waals surface area contributed by atoms with E-state index < -0.39 is 0 Å². The molecule has 2 rings (SSSR count). The lowest BCUT2D eigenvalue weighted by molar-refractivity contribution is 0.291. The van der Waals surface area contributed by atoms with E-state index in [1.807, 2.05) is 0 Å². The Morgan fingerprint density at radius 3 is 2.18 bits per heavy atom. The van der Waals surface area contributed by atoms with Crippen LogP contribution in [0.5, 0.6) is 0 Å². The van der Waals surface area contributed by atoms with Crippen molar-refractivity contribution in [3.05, 3.63) is 47.8 Å². The summed E-state index contributed by atoms with van der Waals surface area (Å²) in [7, 11) is 2.10. The summed E-state index contributed by atoms with van der Waals surface area (Å²) in [6.07, 6.45) is 4.27. The molecule has 0 unspecified atom stereocenters. The van der Waals surface area contributed by atoms with Gasteiger partial charge in [0.15, 0.2) is 0 Å². The summed E-state index contributed by atoms with van der Waals surface area (Å²) in [4.78, 5) is 4.50. The molecule has 1 aliphatic heterocycles. The van der Waals surface area contributed by atoms with Crippen molar-refractivity contribution in [3.63, 3.8) is 0 Å². The first-order valence-electron chi connectivity index (χ1n) is 6.17. The van der Waals surface area contributed by atoms with E-state index in [9.17, 15) is 0 Å².